The summed E-state index contributed by atoms with van der Waals surface area (Å²) in [6, 6.07) is 0. The standard InChI is InChI=1S/C10H12O5/c1-2-7(10(13)14)8-5-6(11)3-4-9(12)15-8/h2,8H,3-5H2,1H3,(H,13,14)/b7-2+. The second kappa shape index (κ2) is 4.72. The van der Waals surface area contributed by atoms with Crippen molar-refractivity contribution in [2.45, 2.75) is 32.3 Å². The van der Waals surface area contributed by atoms with E-state index < -0.39 is 18.0 Å². The number of ether oxygens (including phenoxy) is 1. The van der Waals surface area contributed by atoms with Crippen LogP contribution in [0.2, 0.25) is 0 Å². The van der Waals surface area contributed by atoms with Crippen molar-refractivity contribution < 1.29 is 24.2 Å². The highest BCUT2D eigenvalue weighted by molar-refractivity contribution is 5.92. The van der Waals surface area contributed by atoms with Gasteiger partial charge in [-0.3, -0.25) is 9.59 Å². The molecule has 1 aliphatic rings. The molecule has 5 heteroatoms. The molecular weight excluding hydrogens is 200 g/mol. The Morgan fingerprint density at radius 1 is 1.47 bits per heavy atom. The number of Topliss-reactive ketones (excluding diaryl/α,β-unsaturated/α-hetero) is 1. The van der Waals surface area contributed by atoms with E-state index in [2.05, 4.69) is 0 Å². The third-order valence-corrected chi connectivity index (χ3v) is 2.20. The summed E-state index contributed by atoms with van der Waals surface area (Å²) in [5.41, 5.74) is -0.0430. The quantitative estimate of drug-likeness (QED) is 0.537. The van der Waals surface area contributed by atoms with E-state index >= 15 is 0 Å². The summed E-state index contributed by atoms with van der Waals surface area (Å²) in [6.45, 7) is 1.53. The number of ketones is 1. The van der Waals surface area contributed by atoms with Gasteiger partial charge in [-0.05, 0) is 6.92 Å². The first kappa shape index (κ1) is 11.4. The summed E-state index contributed by atoms with van der Waals surface area (Å²) < 4.78 is 4.89. The molecule has 5 nitrogen and oxygen atoms in total. The lowest BCUT2D eigenvalue weighted by Gasteiger charge is -2.14. The van der Waals surface area contributed by atoms with Crippen molar-refractivity contribution in [3.63, 3.8) is 0 Å². The van der Waals surface area contributed by atoms with Crippen molar-refractivity contribution in [2.24, 2.45) is 0 Å². The number of hydrogen-bond acceptors (Lipinski definition) is 4. The molecule has 1 rings (SSSR count). The lowest BCUT2D eigenvalue weighted by Crippen LogP contribution is -2.24. The van der Waals surface area contributed by atoms with Crippen molar-refractivity contribution in [1.29, 1.82) is 0 Å². The highest BCUT2D eigenvalue weighted by Gasteiger charge is 2.29. The molecular formula is C10H12O5. The fraction of sp³-hybridized carbons (Fsp3) is 0.500. The first-order chi connectivity index (χ1) is 7.04. The molecule has 0 amide bonds. The van der Waals surface area contributed by atoms with Gasteiger partial charge in [-0.2, -0.15) is 0 Å². The van der Waals surface area contributed by atoms with E-state index in [1.165, 1.54) is 13.0 Å². The van der Waals surface area contributed by atoms with Crippen LogP contribution in [0.4, 0.5) is 0 Å². The Kier molecular flexibility index (Phi) is 3.60. The van der Waals surface area contributed by atoms with Crippen LogP contribution in [-0.4, -0.2) is 28.9 Å². The van der Waals surface area contributed by atoms with Crippen molar-refractivity contribution in [1.82, 2.24) is 0 Å². The van der Waals surface area contributed by atoms with Gasteiger partial charge in [0, 0.05) is 12.8 Å². The number of carboxylic acids is 1. The zero-order chi connectivity index (χ0) is 11.4. The third kappa shape index (κ3) is 2.90. The van der Waals surface area contributed by atoms with Crippen LogP contribution >= 0.6 is 0 Å². The number of aliphatic carboxylic acids is 1. The highest BCUT2D eigenvalue weighted by Crippen LogP contribution is 2.18. The number of rotatable bonds is 2. The predicted molar refractivity (Wildman–Crippen MR) is 50.1 cm³/mol. The molecule has 82 valence electrons. The van der Waals surface area contributed by atoms with Crippen LogP contribution in [0, 0.1) is 0 Å². The molecule has 1 atom stereocenters. The van der Waals surface area contributed by atoms with Gasteiger partial charge in [0.15, 0.2) is 0 Å². The average molecular weight is 212 g/mol. The van der Waals surface area contributed by atoms with Gasteiger partial charge in [0.1, 0.15) is 11.9 Å². The largest absolute Gasteiger partial charge is 0.478 e. The minimum Gasteiger partial charge on any atom is -0.478 e. The fourth-order valence-electron chi connectivity index (χ4n) is 1.43. The minimum absolute atomic E-state index is 0.0337. The zero-order valence-electron chi connectivity index (χ0n) is 8.36. The molecule has 1 heterocycles. The molecule has 0 aromatic carbocycles. The first-order valence-electron chi connectivity index (χ1n) is 4.65. The monoisotopic (exact) mass is 212 g/mol. The Bertz CT molecular complexity index is 311. The van der Waals surface area contributed by atoms with Crippen LogP contribution in [0.15, 0.2) is 11.6 Å². The van der Waals surface area contributed by atoms with E-state index in [1.54, 1.807) is 0 Å². The van der Waals surface area contributed by atoms with Gasteiger partial charge in [0.05, 0.1) is 12.0 Å². The van der Waals surface area contributed by atoms with Gasteiger partial charge in [0.25, 0.3) is 0 Å². The third-order valence-electron chi connectivity index (χ3n) is 2.20. The second-order valence-electron chi connectivity index (χ2n) is 3.27. The molecule has 0 bridgehead atoms. The fourth-order valence-corrected chi connectivity index (χ4v) is 1.43. The molecule has 0 aromatic heterocycles. The van der Waals surface area contributed by atoms with Crippen LogP contribution in [0.5, 0.6) is 0 Å². The number of carbonyl (C=O) groups excluding carboxylic acids is 2. The van der Waals surface area contributed by atoms with Crippen molar-refractivity contribution in [3.05, 3.63) is 11.6 Å². The maximum absolute atomic E-state index is 11.2. The van der Waals surface area contributed by atoms with Gasteiger partial charge in [-0.25, -0.2) is 4.79 Å². The number of carbonyl (C=O) groups is 3. The van der Waals surface area contributed by atoms with Crippen LogP contribution in [0.25, 0.3) is 0 Å². The average Bonchev–Trinajstić information content (AvgIpc) is 2.29. The predicted octanol–water partition coefficient (Wildman–Crippen LogP) is 0.682. The SMILES string of the molecule is C/C=C(/C(=O)O)C1CC(=O)CCC(=O)O1. The van der Waals surface area contributed by atoms with E-state index in [4.69, 9.17) is 9.84 Å². The molecule has 0 saturated carbocycles. The number of cyclic esters (lactones) is 1. The van der Waals surface area contributed by atoms with Gasteiger partial charge >= 0.3 is 11.9 Å². The Morgan fingerprint density at radius 2 is 2.13 bits per heavy atom. The Balaban J connectivity index is 2.87. The van der Waals surface area contributed by atoms with Crippen molar-refractivity contribution in [3.8, 4) is 0 Å². The van der Waals surface area contributed by atoms with Gasteiger partial charge in [0.2, 0.25) is 0 Å². The van der Waals surface area contributed by atoms with Gasteiger partial charge < -0.3 is 9.84 Å². The van der Waals surface area contributed by atoms with Crippen LogP contribution in [0.1, 0.15) is 26.2 Å². The normalized spacial score (nSPS) is 23.3. The highest BCUT2D eigenvalue weighted by atomic mass is 16.5. The van der Waals surface area contributed by atoms with E-state index in [0.29, 0.717) is 0 Å². The molecule has 0 radical (unpaired) electrons. The maximum atomic E-state index is 11.2. The Morgan fingerprint density at radius 3 is 2.67 bits per heavy atom. The first-order valence-corrected chi connectivity index (χ1v) is 4.65. The minimum atomic E-state index is -1.16. The van der Waals surface area contributed by atoms with E-state index in [9.17, 15) is 14.4 Å². The molecule has 1 N–H and O–H groups in total. The smallest absolute Gasteiger partial charge is 0.335 e. The summed E-state index contributed by atoms with van der Waals surface area (Å²) in [4.78, 5) is 33.1. The molecule has 1 fully saturated rings. The molecule has 0 aromatic rings. The zero-order valence-corrected chi connectivity index (χ0v) is 8.36. The lowest BCUT2D eigenvalue weighted by atomic mass is 10.0. The summed E-state index contributed by atoms with van der Waals surface area (Å²) in [5, 5.41) is 8.82. The van der Waals surface area contributed by atoms with Crippen LogP contribution < -0.4 is 0 Å². The summed E-state index contributed by atoms with van der Waals surface area (Å²) in [6.07, 6.45) is 0.532. The van der Waals surface area contributed by atoms with Crippen LogP contribution in [0.3, 0.4) is 0 Å². The number of allylic oxidation sites excluding steroid dienone is 1. The molecule has 1 aliphatic heterocycles. The molecule has 0 spiro atoms. The van der Waals surface area contributed by atoms with E-state index in [-0.39, 0.29) is 30.6 Å². The summed E-state index contributed by atoms with van der Waals surface area (Å²) in [7, 11) is 0. The maximum Gasteiger partial charge on any atom is 0.335 e. The van der Waals surface area contributed by atoms with Crippen molar-refractivity contribution >= 4 is 17.7 Å². The van der Waals surface area contributed by atoms with Gasteiger partial charge in [-0.15, -0.1) is 0 Å². The van der Waals surface area contributed by atoms with Gasteiger partial charge in [-0.1, -0.05) is 6.08 Å². The van der Waals surface area contributed by atoms with E-state index in [0.717, 1.165) is 0 Å². The Labute approximate surface area is 86.7 Å². The topological polar surface area (TPSA) is 80.7 Å². The molecule has 0 aliphatic carbocycles. The lowest BCUT2D eigenvalue weighted by molar-refractivity contribution is -0.147. The van der Waals surface area contributed by atoms with Crippen LogP contribution in [-0.2, 0) is 19.1 Å². The number of hydrogen-bond donors (Lipinski definition) is 1. The van der Waals surface area contributed by atoms with E-state index in [1.807, 2.05) is 0 Å². The number of carboxylic acid groups (broad SMARTS) is 1. The molecule has 1 unspecified atom stereocenters. The second-order valence-corrected chi connectivity index (χ2v) is 3.27. The molecule has 1 saturated heterocycles. The Hall–Kier alpha value is -1.65. The van der Waals surface area contributed by atoms with Crippen molar-refractivity contribution in [2.75, 3.05) is 0 Å². The summed E-state index contributed by atoms with van der Waals surface area (Å²) >= 11 is 0. The molecule has 15 heavy (non-hydrogen) atoms. The number of esters is 1. The summed E-state index contributed by atoms with van der Waals surface area (Å²) in [5.74, 6) is -1.83.